The van der Waals surface area contributed by atoms with E-state index in [1.54, 1.807) is 46.8 Å². The van der Waals surface area contributed by atoms with Crippen molar-refractivity contribution in [2.24, 2.45) is 35.0 Å². The second-order valence-corrected chi connectivity index (χ2v) is 22.8. The van der Waals surface area contributed by atoms with Gasteiger partial charge in [0.05, 0.1) is 19.1 Å². The monoisotopic (exact) mass is 1240 g/mol. The molecule has 3 aromatic carbocycles. The number of nitrogens with zero attached hydrogens (tertiary/aromatic N) is 1. The number of phenolic OH excluding ortho intramolecular Hbond substituents is 2. The maximum absolute atomic E-state index is 14.5. The Kier molecular flexibility index (Phi) is 26.0. The number of benzene rings is 3. The van der Waals surface area contributed by atoms with Gasteiger partial charge in [-0.3, -0.25) is 57.5 Å². The van der Waals surface area contributed by atoms with Crippen LogP contribution in [-0.2, 0) is 76.8 Å². The van der Waals surface area contributed by atoms with Gasteiger partial charge < -0.3 is 84.9 Å². The Morgan fingerprint density at radius 1 is 0.607 bits per heavy atom. The number of aliphatic hydroxyl groups is 1. The van der Waals surface area contributed by atoms with Gasteiger partial charge in [0.25, 0.3) is 0 Å². The van der Waals surface area contributed by atoms with Crippen molar-refractivity contribution in [2.75, 3.05) is 13.1 Å². The van der Waals surface area contributed by atoms with Crippen LogP contribution in [0.5, 0.6) is 11.5 Å². The van der Waals surface area contributed by atoms with Crippen molar-refractivity contribution >= 4 is 81.8 Å². The Labute approximate surface area is 514 Å². The molecule has 2 heterocycles. The Morgan fingerprint density at radius 2 is 1.16 bits per heavy atom. The SMILES string of the molecule is CC[C@@H](C)[C@H](NC(=O)C(NC(=O)[C@H](CC(N)=O)NC(=O)[C@H](CCC(N)=O)NC(=O)[C@@H]1CCCN1C(=O)C(NC(=O)[C@H](Cc1ccc(O)cc1)NC(=O)CNC(=O)[C@H](Cc1ccc(O)cc1)NC(=O)C(C)Cc1c[nH]c2ccccc12)[C@H](C)O)C(C)C)C(N)=O. The largest absolute Gasteiger partial charge is 0.508 e. The number of carbonyl (C=O) groups is 12. The molecule has 0 spiro atoms. The molecule has 1 aromatic heterocycles. The Bertz CT molecular complexity index is 3190. The van der Waals surface area contributed by atoms with E-state index in [1.165, 1.54) is 43.3 Å². The molecule has 28 nitrogen and oxygen atoms in total. The number of amides is 12. The van der Waals surface area contributed by atoms with E-state index in [4.69, 9.17) is 17.2 Å². The molecule has 1 saturated heterocycles. The van der Waals surface area contributed by atoms with Crippen LogP contribution in [0.15, 0.2) is 79.0 Å². The summed E-state index contributed by atoms with van der Waals surface area (Å²) in [5, 5.41) is 52.1. The zero-order valence-corrected chi connectivity index (χ0v) is 50.6. The number of para-hydroxylation sites is 1. The van der Waals surface area contributed by atoms with Crippen LogP contribution in [0.4, 0.5) is 0 Å². The molecule has 0 aliphatic carbocycles. The van der Waals surface area contributed by atoms with E-state index in [2.05, 4.69) is 47.5 Å². The van der Waals surface area contributed by atoms with E-state index >= 15 is 0 Å². The maximum Gasteiger partial charge on any atom is 0.248 e. The third kappa shape index (κ3) is 20.8. The number of likely N-dealkylation sites (tertiary alicyclic amines) is 1. The van der Waals surface area contributed by atoms with Gasteiger partial charge in [-0.1, -0.05) is 83.5 Å². The van der Waals surface area contributed by atoms with Crippen molar-refractivity contribution in [3.63, 3.8) is 0 Å². The molecule has 89 heavy (non-hydrogen) atoms. The summed E-state index contributed by atoms with van der Waals surface area (Å²) in [4.78, 5) is 167. The first kappa shape index (κ1) is 70.2. The fourth-order valence-electron chi connectivity index (χ4n) is 10.1. The first-order valence-electron chi connectivity index (χ1n) is 29.4. The average molecular weight is 1240 g/mol. The van der Waals surface area contributed by atoms with Gasteiger partial charge in [0, 0.05) is 48.8 Å². The lowest BCUT2D eigenvalue weighted by molar-refractivity contribution is -0.144. The standard InChI is InChI=1S/C61H83N13O15/c1-7-32(4)51(53(64)81)72-60(88)50(31(2)3)71-58(86)45(28-48(63)79)70-56(84)42(22-23-47(62)78)68-59(87)46-13-10-24-74(46)61(89)52(34(6)75)73-57(85)44(27-36-16-20-39(77)21-17-36)67-49(80)30-66-55(83)43(26-35-14-18-38(76)19-15-35)69-54(82)33(5)25-37-29-65-41-12-9-8-11-40(37)41/h8-9,11-12,14-21,29,31-34,42-46,50-52,65,75-77H,7,10,13,22-28,30H2,1-6H3,(H2,62,78)(H2,63,79)(H2,64,81)(H,66,83)(H,67,80)(H,68,87)(H,69,82)(H,70,84)(H,71,86)(H,72,88)(H,73,85)/t32-,33?,34+,42+,43+,44+,45+,46+,50?,51+,52?/m1/s1. The number of phenols is 2. The van der Waals surface area contributed by atoms with E-state index < -0.39 is 163 Å². The topological polar surface area (TPSA) is 459 Å². The highest BCUT2D eigenvalue weighted by Gasteiger charge is 2.42. The minimum atomic E-state index is -1.77. The zero-order valence-electron chi connectivity index (χ0n) is 50.6. The van der Waals surface area contributed by atoms with Crippen molar-refractivity contribution in [1.82, 2.24) is 52.4 Å². The zero-order chi connectivity index (χ0) is 65.8. The number of hydrogen-bond acceptors (Lipinski definition) is 15. The van der Waals surface area contributed by atoms with Crippen LogP contribution in [0.3, 0.4) is 0 Å². The summed E-state index contributed by atoms with van der Waals surface area (Å²) < 4.78 is 0. The predicted octanol–water partition coefficient (Wildman–Crippen LogP) is -1.55. The van der Waals surface area contributed by atoms with E-state index in [1.807, 2.05) is 30.5 Å². The Hall–Kier alpha value is -9.60. The smallest absolute Gasteiger partial charge is 0.248 e. The lowest BCUT2D eigenvalue weighted by atomic mass is 9.96. The summed E-state index contributed by atoms with van der Waals surface area (Å²) in [5.74, 6) is -12.5. The number of nitrogens with one attached hydrogen (secondary N) is 9. The molecule has 28 heteroatoms. The number of aromatic nitrogens is 1. The second kappa shape index (κ2) is 32.9. The summed E-state index contributed by atoms with van der Waals surface area (Å²) in [7, 11) is 0. The van der Waals surface area contributed by atoms with Crippen LogP contribution in [-0.4, -0.2) is 164 Å². The second-order valence-electron chi connectivity index (χ2n) is 22.8. The fraction of sp³-hybridized carbons (Fsp3) is 0.475. The summed E-state index contributed by atoms with van der Waals surface area (Å²) in [6, 6.07) is 7.46. The number of primary amides is 3. The molecular formula is C61H83N13O15. The summed E-state index contributed by atoms with van der Waals surface area (Å²) in [6.07, 6.45) is -0.870. The number of rotatable bonds is 33. The van der Waals surface area contributed by atoms with Crippen molar-refractivity contribution in [3.05, 3.63) is 95.7 Å². The van der Waals surface area contributed by atoms with Gasteiger partial charge in [0.1, 0.15) is 59.8 Å². The molecule has 0 bridgehead atoms. The van der Waals surface area contributed by atoms with Crippen LogP contribution in [0, 0.1) is 17.8 Å². The predicted molar refractivity (Wildman–Crippen MR) is 323 cm³/mol. The number of nitrogens with two attached hydrogens (primary N) is 3. The summed E-state index contributed by atoms with van der Waals surface area (Å²) in [5.41, 5.74) is 19.2. The third-order valence-corrected chi connectivity index (χ3v) is 15.4. The highest BCUT2D eigenvalue weighted by molar-refractivity contribution is 6.00. The number of H-pyrrole nitrogens is 1. The summed E-state index contributed by atoms with van der Waals surface area (Å²) >= 11 is 0. The van der Waals surface area contributed by atoms with E-state index in [-0.39, 0.29) is 49.6 Å². The highest BCUT2D eigenvalue weighted by Crippen LogP contribution is 2.23. The van der Waals surface area contributed by atoms with Gasteiger partial charge in [0.2, 0.25) is 70.9 Å². The quantitative estimate of drug-likeness (QED) is 0.0257. The van der Waals surface area contributed by atoms with Crippen molar-refractivity contribution in [3.8, 4) is 11.5 Å². The molecule has 5 rings (SSSR count). The van der Waals surface area contributed by atoms with Gasteiger partial charge in [-0.25, -0.2) is 0 Å². The fourth-order valence-corrected chi connectivity index (χ4v) is 10.1. The van der Waals surface area contributed by atoms with Gasteiger partial charge in [-0.15, -0.1) is 0 Å². The highest BCUT2D eigenvalue weighted by atomic mass is 16.3. The molecule has 0 radical (unpaired) electrons. The van der Waals surface area contributed by atoms with E-state index in [9.17, 15) is 72.9 Å². The molecule has 18 N–H and O–H groups in total. The molecule has 0 saturated carbocycles. The van der Waals surface area contributed by atoms with Crippen LogP contribution >= 0.6 is 0 Å². The Morgan fingerprint density at radius 3 is 1.72 bits per heavy atom. The molecule has 482 valence electrons. The van der Waals surface area contributed by atoms with Gasteiger partial charge >= 0.3 is 0 Å². The number of fused-ring (bicyclic) bond motifs is 1. The lowest BCUT2D eigenvalue weighted by Gasteiger charge is -2.32. The summed E-state index contributed by atoms with van der Waals surface area (Å²) in [6.45, 7) is 8.72. The van der Waals surface area contributed by atoms with Crippen LogP contribution in [0.2, 0.25) is 0 Å². The van der Waals surface area contributed by atoms with Crippen LogP contribution < -0.4 is 59.7 Å². The molecule has 4 aromatic rings. The molecule has 1 aliphatic heterocycles. The normalized spacial score (nSPS) is 16.3. The number of aliphatic hydroxyl groups excluding tert-OH is 1. The van der Waals surface area contributed by atoms with Crippen molar-refractivity contribution < 1.29 is 72.9 Å². The first-order valence-corrected chi connectivity index (χ1v) is 29.4. The Balaban J connectivity index is 1.29. The van der Waals surface area contributed by atoms with E-state index in [0.29, 0.717) is 24.0 Å². The molecule has 11 atom stereocenters. The minimum absolute atomic E-state index is 0.00399. The molecule has 12 amide bonds. The van der Waals surface area contributed by atoms with Gasteiger partial charge in [-0.2, -0.15) is 0 Å². The lowest BCUT2D eigenvalue weighted by Crippen LogP contribution is -2.62. The van der Waals surface area contributed by atoms with Gasteiger partial charge in [0.15, 0.2) is 0 Å². The van der Waals surface area contributed by atoms with Crippen LogP contribution in [0.1, 0.15) is 96.8 Å². The molecule has 1 aliphatic rings. The maximum atomic E-state index is 14.5. The molecule has 3 unspecified atom stereocenters. The van der Waals surface area contributed by atoms with Gasteiger partial charge in [-0.05, 0) is 91.5 Å². The number of aromatic amines is 1. The number of hydrogen-bond donors (Lipinski definition) is 15. The third-order valence-electron chi connectivity index (χ3n) is 15.4. The first-order chi connectivity index (χ1) is 42.1. The number of aromatic hydroxyl groups is 2. The molecular weight excluding hydrogens is 1150 g/mol. The molecule has 1 fully saturated rings. The van der Waals surface area contributed by atoms with Crippen LogP contribution in [0.25, 0.3) is 10.9 Å². The minimum Gasteiger partial charge on any atom is -0.508 e. The van der Waals surface area contributed by atoms with E-state index in [0.717, 1.165) is 21.4 Å². The van der Waals surface area contributed by atoms with Crippen molar-refractivity contribution in [2.45, 2.75) is 154 Å². The average Bonchev–Trinajstić information content (AvgIpc) is 2.45. The van der Waals surface area contributed by atoms with Crippen molar-refractivity contribution in [1.29, 1.82) is 0 Å². The number of carbonyl (C=O) groups excluding carboxylic acids is 12.